The molecule has 0 radical (unpaired) electrons. The van der Waals surface area contributed by atoms with E-state index in [2.05, 4.69) is 78.1 Å². The lowest BCUT2D eigenvalue weighted by molar-refractivity contribution is 0.244. The fourth-order valence-corrected chi connectivity index (χ4v) is 6.17. The van der Waals surface area contributed by atoms with E-state index in [9.17, 15) is 0 Å². The van der Waals surface area contributed by atoms with Gasteiger partial charge in [0, 0.05) is 8.01 Å². The van der Waals surface area contributed by atoms with Crippen LogP contribution in [-0.4, -0.2) is 4.43 Å². The van der Waals surface area contributed by atoms with Crippen LogP contribution in [0.15, 0.2) is 21.3 Å². The summed E-state index contributed by atoms with van der Waals surface area (Å²) in [5, 5.41) is 0. The normalized spacial score (nSPS) is 35.2. The van der Waals surface area contributed by atoms with Crippen molar-refractivity contribution >= 4 is 45.2 Å². The first-order valence-corrected chi connectivity index (χ1v) is 9.26. The first-order valence-electron chi connectivity index (χ1n) is 6.66. The number of hydrogen-bond acceptors (Lipinski definition) is 0. The minimum absolute atomic E-state index is 0.413. The van der Waals surface area contributed by atoms with Crippen LogP contribution < -0.4 is 0 Å². The number of fused-ring (bicyclic) bond motifs is 1. The highest BCUT2D eigenvalue weighted by Crippen LogP contribution is 2.58. The summed E-state index contributed by atoms with van der Waals surface area (Å²) < 4.78 is 2.76. The Labute approximate surface area is 133 Å². The van der Waals surface area contributed by atoms with Crippen molar-refractivity contribution in [2.75, 3.05) is 4.43 Å². The number of alkyl halides is 1. The quantitative estimate of drug-likeness (QED) is 0.375. The summed E-state index contributed by atoms with van der Waals surface area (Å²) in [4.78, 5) is 0. The van der Waals surface area contributed by atoms with Gasteiger partial charge in [-0.05, 0) is 64.7 Å². The zero-order valence-electron chi connectivity index (χ0n) is 11.0. The molecule has 96 valence electrons. The Morgan fingerprint density at radius 1 is 1.41 bits per heavy atom. The predicted molar refractivity (Wildman–Crippen MR) is 92.8 cm³/mol. The topological polar surface area (TPSA) is 0 Å². The standard InChI is InChI=1S/C15H22I2/c1-4-5-11-12-7-6-10(17)8-13(12)15(2,3)14(11)9-16/h6,8,11-12,14H,4-5,7,9H2,1-3H3/t11?,12-,14?/m1/s1. The fraction of sp³-hybridized carbons (Fsp3) is 0.733. The Bertz CT molecular complexity index is 352. The summed E-state index contributed by atoms with van der Waals surface area (Å²) >= 11 is 5.08. The van der Waals surface area contributed by atoms with E-state index in [1.165, 1.54) is 27.3 Å². The van der Waals surface area contributed by atoms with Crippen molar-refractivity contribution in [2.24, 2.45) is 23.2 Å². The van der Waals surface area contributed by atoms with Crippen molar-refractivity contribution < 1.29 is 0 Å². The zero-order valence-corrected chi connectivity index (χ0v) is 15.3. The Kier molecular flexibility index (Phi) is 4.65. The Balaban J connectivity index is 2.37. The lowest BCUT2D eigenvalue weighted by atomic mass is 9.77. The van der Waals surface area contributed by atoms with Crippen LogP contribution in [0.1, 0.15) is 40.0 Å². The average Bonchev–Trinajstić information content (AvgIpc) is 2.48. The van der Waals surface area contributed by atoms with E-state index in [0.717, 1.165) is 17.8 Å². The van der Waals surface area contributed by atoms with Crippen molar-refractivity contribution in [3.63, 3.8) is 0 Å². The molecule has 3 atom stereocenters. The molecule has 2 rings (SSSR count). The maximum Gasteiger partial charge on any atom is 0.00900 e. The van der Waals surface area contributed by atoms with Crippen LogP contribution in [0.4, 0.5) is 0 Å². The maximum absolute atomic E-state index is 2.60. The molecule has 0 heterocycles. The lowest BCUT2D eigenvalue weighted by Crippen LogP contribution is -2.24. The summed E-state index contributed by atoms with van der Waals surface area (Å²) in [6.07, 6.45) is 8.93. The average molecular weight is 456 g/mol. The molecule has 0 bridgehead atoms. The van der Waals surface area contributed by atoms with Gasteiger partial charge in [0.15, 0.2) is 0 Å². The summed E-state index contributed by atoms with van der Waals surface area (Å²) in [6.45, 7) is 7.28. The first-order chi connectivity index (χ1) is 8.02. The van der Waals surface area contributed by atoms with Crippen LogP contribution in [0.25, 0.3) is 0 Å². The van der Waals surface area contributed by atoms with Gasteiger partial charge < -0.3 is 0 Å². The Morgan fingerprint density at radius 2 is 2.12 bits per heavy atom. The minimum Gasteiger partial charge on any atom is -0.0860 e. The summed E-state index contributed by atoms with van der Waals surface area (Å²) in [5.41, 5.74) is 2.15. The second-order valence-corrected chi connectivity index (χ2v) is 8.09. The van der Waals surface area contributed by atoms with Crippen LogP contribution in [0.2, 0.25) is 0 Å². The molecule has 1 fully saturated rings. The smallest absolute Gasteiger partial charge is 0.00900 e. The van der Waals surface area contributed by atoms with Crippen LogP contribution >= 0.6 is 45.2 Å². The third kappa shape index (κ3) is 2.49. The van der Waals surface area contributed by atoms with Crippen molar-refractivity contribution in [1.29, 1.82) is 0 Å². The molecular formula is C15H22I2. The van der Waals surface area contributed by atoms with Gasteiger partial charge >= 0.3 is 0 Å². The molecule has 0 aromatic carbocycles. The van der Waals surface area contributed by atoms with Gasteiger partial charge in [0.25, 0.3) is 0 Å². The molecule has 2 aliphatic carbocycles. The summed E-state index contributed by atoms with van der Waals surface area (Å²) in [6, 6.07) is 0. The van der Waals surface area contributed by atoms with Gasteiger partial charge in [0.05, 0.1) is 0 Å². The number of rotatable bonds is 3. The zero-order chi connectivity index (χ0) is 12.6. The monoisotopic (exact) mass is 456 g/mol. The lowest BCUT2D eigenvalue weighted by Gasteiger charge is -2.30. The third-order valence-electron chi connectivity index (χ3n) is 4.75. The van der Waals surface area contributed by atoms with E-state index in [1.807, 2.05) is 0 Å². The first kappa shape index (κ1) is 14.4. The fourth-order valence-electron chi connectivity index (χ4n) is 3.82. The van der Waals surface area contributed by atoms with E-state index in [-0.39, 0.29) is 0 Å². The van der Waals surface area contributed by atoms with Crippen molar-refractivity contribution in [2.45, 2.75) is 40.0 Å². The largest absolute Gasteiger partial charge is 0.0860 e. The molecule has 2 aliphatic rings. The molecule has 0 amide bonds. The van der Waals surface area contributed by atoms with Gasteiger partial charge in [-0.1, -0.05) is 61.4 Å². The second-order valence-electron chi connectivity index (χ2n) is 5.97. The van der Waals surface area contributed by atoms with E-state index < -0.39 is 0 Å². The molecule has 2 unspecified atom stereocenters. The van der Waals surface area contributed by atoms with Gasteiger partial charge in [-0.25, -0.2) is 0 Å². The Hall–Kier alpha value is 0.940. The van der Waals surface area contributed by atoms with Gasteiger partial charge in [-0.2, -0.15) is 0 Å². The molecule has 0 spiro atoms. The van der Waals surface area contributed by atoms with Crippen molar-refractivity contribution in [1.82, 2.24) is 0 Å². The van der Waals surface area contributed by atoms with Crippen LogP contribution in [0, 0.1) is 23.2 Å². The van der Waals surface area contributed by atoms with Crippen LogP contribution in [0.3, 0.4) is 0 Å². The molecule has 0 aromatic rings. The molecule has 0 nitrogen and oxygen atoms in total. The highest BCUT2D eigenvalue weighted by atomic mass is 127. The second kappa shape index (κ2) is 5.51. The SMILES string of the molecule is CCCC1C(CI)C(C)(C)C2=CC(I)=CC[C@@H]21. The highest BCUT2D eigenvalue weighted by Gasteiger charge is 2.50. The molecule has 0 aromatic heterocycles. The maximum atomic E-state index is 2.60. The predicted octanol–water partition coefficient (Wildman–Crippen LogP) is 5.76. The molecule has 17 heavy (non-hydrogen) atoms. The molecule has 1 saturated carbocycles. The molecule has 0 N–H and O–H groups in total. The number of allylic oxidation sites excluding steroid dienone is 4. The van der Waals surface area contributed by atoms with Gasteiger partial charge in [-0.3, -0.25) is 0 Å². The molecule has 0 aliphatic heterocycles. The van der Waals surface area contributed by atoms with E-state index >= 15 is 0 Å². The highest BCUT2D eigenvalue weighted by molar-refractivity contribution is 14.1. The van der Waals surface area contributed by atoms with E-state index in [0.29, 0.717) is 5.41 Å². The van der Waals surface area contributed by atoms with Gasteiger partial charge in [0.2, 0.25) is 0 Å². The molecular weight excluding hydrogens is 434 g/mol. The van der Waals surface area contributed by atoms with Crippen LogP contribution in [-0.2, 0) is 0 Å². The number of halogens is 2. The summed E-state index contributed by atoms with van der Waals surface area (Å²) in [7, 11) is 0. The van der Waals surface area contributed by atoms with Gasteiger partial charge in [0.1, 0.15) is 0 Å². The van der Waals surface area contributed by atoms with Crippen LogP contribution in [0.5, 0.6) is 0 Å². The van der Waals surface area contributed by atoms with Crippen molar-refractivity contribution in [3.05, 3.63) is 21.3 Å². The molecule has 0 saturated heterocycles. The number of hydrogen-bond donors (Lipinski definition) is 0. The van der Waals surface area contributed by atoms with Gasteiger partial charge in [-0.15, -0.1) is 0 Å². The van der Waals surface area contributed by atoms with E-state index in [1.54, 1.807) is 5.57 Å². The minimum atomic E-state index is 0.413. The summed E-state index contributed by atoms with van der Waals surface area (Å²) in [5.74, 6) is 2.62. The third-order valence-corrected chi connectivity index (χ3v) is 6.45. The molecule has 2 heteroatoms. The van der Waals surface area contributed by atoms with E-state index in [4.69, 9.17) is 0 Å². The van der Waals surface area contributed by atoms with Crippen molar-refractivity contribution in [3.8, 4) is 0 Å². The Morgan fingerprint density at radius 3 is 2.71 bits per heavy atom.